The van der Waals surface area contributed by atoms with E-state index in [-0.39, 0.29) is 5.91 Å². The molecule has 26 heavy (non-hydrogen) atoms. The third-order valence-corrected chi connectivity index (χ3v) is 7.31. The molecule has 1 saturated carbocycles. The molecular weight excluding hydrogens is 350 g/mol. The summed E-state index contributed by atoms with van der Waals surface area (Å²) >= 11 is 0. The van der Waals surface area contributed by atoms with Gasteiger partial charge in [0.2, 0.25) is 10.0 Å². The van der Waals surface area contributed by atoms with Gasteiger partial charge < -0.3 is 10.6 Å². The number of carbonyl (C=O) groups excluding carboxylic acids is 1. The van der Waals surface area contributed by atoms with Crippen molar-refractivity contribution in [1.29, 1.82) is 0 Å². The molecule has 7 heteroatoms. The quantitative estimate of drug-likeness (QED) is 0.785. The number of nitrogens with two attached hydrogens (primary N) is 1. The second kappa shape index (κ2) is 8.50. The molecule has 1 aliphatic carbocycles. The number of hydrogen-bond donors (Lipinski definition) is 2. The number of anilines is 1. The van der Waals surface area contributed by atoms with Gasteiger partial charge in [-0.15, -0.1) is 0 Å². The van der Waals surface area contributed by atoms with Gasteiger partial charge in [-0.1, -0.05) is 6.92 Å². The van der Waals surface area contributed by atoms with E-state index in [9.17, 15) is 13.2 Å². The third-order valence-electron chi connectivity index (χ3n) is 5.43. The number of hydrogen-bond acceptors (Lipinski definition) is 3. The van der Waals surface area contributed by atoms with E-state index < -0.39 is 10.0 Å². The van der Waals surface area contributed by atoms with E-state index in [0.29, 0.717) is 42.2 Å². The molecule has 3 rings (SSSR count). The third kappa shape index (κ3) is 4.84. The lowest BCUT2D eigenvalue weighted by Gasteiger charge is -2.30. The lowest BCUT2D eigenvalue weighted by molar-refractivity contribution is -0.677. The van der Waals surface area contributed by atoms with Gasteiger partial charge in [-0.25, -0.2) is 8.42 Å². The van der Waals surface area contributed by atoms with Crippen molar-refractivity contribution in [2.75, 3.05) is 25.0 Å². The van der Waals surface area contributed by atoms with Gasteiger partial charge in [-0.2, -0.15) is 4.31 Å². The summed E-state index contributed by atoms with van der Waals surface area (Å²) in [6, 6.07) is 7.09. The molecule has 1 aromatic rings. The summed E-state index contributed by atoms with van der Waals surface area (Å²) < 4.78 is 27.1. The number of sulfonamides is 1. The van der Waals surface area contributed by atoms with Crippen molar-refractivity contribution in [1.82, 2.24) is 4.31 Å². The molecule has 6 nitrogen and oxygen atoms in total. The minimum absolute atomic E-state index is 0.0441. The highest BCUT2D eigenvalue weighted by Crippen LogP contribution is 2.24. The Bertz CT molecular complexity index is 712. The van der Waals surface area contributed by atoms with Crippen LogP contribution in [0.3, 0.4) is 0 Å². The van der Waals surface area contributed by atoms with E-state index in [1.165, 1.54) is 25.7 Å². The molecule has 0 spiro atoms. The van der Waals surface area contributed by atoms with Crippen molar-refractivity contribution < 1.29 is 18.5 Å². The zero-order chi connectivity index (χ0) is 18.6. The largest absolute Gasteiger partial charge is 0.336 e. The highest BCUT2D eigenvalue weighted by molar-refractivity contribution is 7.89. The summed E-state index contributed by atoms with van der Waals surface area (Å²) in [6.45, 7) is 3.67. The molecule has 1 amide bonds. The van der Waals surface area contributed by atoms with Crippen LogP contribution in [0.25, 0.3) is 0 Å². The molecular formula is C19H30N3O3S+. The summed E-state index contributed by atoms with van der Waals surface area (Å²) in [5, 5.41) is 4.96. The average Bonchev–Trinajstić information content (AvgIpc) is 3.14. The Balaban J connectivity index is 1.56. The topological polar surface area (TPSA) is 83.1 Å². The van der Waals surface area contributed by atoms with Crippen molar-refractivity contribution in [3.05, 3.63) is 24.3 Å². The van der Waals surface area contributed by atoms with Gasteiger partial charge in [0.15, 0.2) is 6.54 Å². The zero-order valence-electron chi connectivity index (χ0n) is 15.5. The Morgan fingerprint density at radius 3 is 2.50 bits per heavy atom. The number of amides is 1. The SMILES string of the molecule is C[C@H]1CCCN(S(=O)(=O)c2ccc(NC(=O)C[NH2+]C3CCCC3)cc2)C1. The van der Waals surface area contributed by atoms with Gasteiger partial charge in [0.25, 0.3) is 5.91 Å². The summed E-state index contributed by atoms with van der Waals surface area (Å²) in [4.78, 5) is 12.4. The van der Waals surface area contributed by atoms with Crippen LogP contribution in [-0.2, 0) is 14.8 Å². The molecule has 2 aliphatic rings. The maximum Gasteiger partial charge on any atom is 0.279 e. The lowest BCUT2D eigenvalue weighted by Crippen LogP contribution is -2.91. The number of nitrogens with one attached hydrogen (secondary N) is 1. The van der Waals surface area contributed by atoms with Crippen molar-refractivity contribution in [3.63, 3.8) is 0 Å². The Kier molecular flexibility index (Phi) is 6.32. The Labute approximate surface area is 156 Å². The van der Waals surface area contributed by atoms with Gasteiger partial charge in [-0.3, -0.25) is 4.79 Å². The highest BCUT2D eigenvalue weighted by Gasteiger charge is 2.28. The fraction of sp³-hybridized carbons (Fsp3) is 0.632. The van der Waals surface area contributed by atoms with Crippen LogP contribution in [0.15, 0.2) is 29.2 Å². The highest BCUT2D eigenvalue weighted by atomic mass is 32.2. The molecule has 0 unspecified atom stereocenters. The smallest absolute Gasteiger partial charge is 0.279 e. The molecule has 1 aromatic carbocycles. The van der Waals surface area contributed by atoms with Crippen molar-refractivity contribution >= 4 is 21.6 Å². The Morgan fingerprint density at radius 1 is 1.15 bits per heavy atom. The first-order valence-electron chi connectivity index (χ1n) is 9.68. The van der Waals surface area contributed by atoms with E-state index in [4.69, 9.17) is 0 Å². The van der Waals surface area contributed by atoms with Crippen LogP contribution in [-0.4, -0.2) is 44.3 Å². The van der Waals surface area contributed by atoms with Gasteiger partial charge in [0.1, 0.15) is 0 Å². The van der Waals surface area contributed by atoms with Crippen molar-refractivity contribution in [3.8, 4) is 0 Å². The van der Waals surface area contributed by atoms with Crippen LogP contribution in [0.1, 0.15) is 45.4 Å². The summed E-state index contributed by atoms with van der Waals surface area (Å²) in [6.07, 6.45) is 6.88. The lowest BCUT2D eigenvalue weighted by atomic mass is 10.0. The van der Waals surface area contributed by atoms with E-state index in [1.54, 1.807) is 28.6 Å². The molecule has 1 aliphatic heterocycles. The molecule has 144 valence electrons. The number of benzene rings is 1. The molecule has 0 radical (unpaired) electrons. The molecule has 0 bridgehead atoms. The molecule has 1 saturated heterocycles. The van der Waals surface area contributed by atoms with E-state index in [1.807, 2.05) is 0 Å². The Morgan fingerprint density at radius 2 is 1.85 bits per heavy atom. The molecule has 0 aromatic heterocycles. The first-order valence-corrected chi connectivity index (χ1v) is 11.1. The predicted octanol–water partition coefficient (Wildman–Crippen LogP) is 1.55. The van der Waals surface area contributed by atoms with Crippen LogP contribution in [0.5, 0.6) is 0 Å². The van der Waals surface area contributed by atoms with Crippen LogP contribution in [0.2, 0.25) is 0 Å². The second-order valence-electron chi connectivity index (χ2n) is 7.67. The monoisotopic (exact) mass is 380 g/mol. The van der Waals surface area contributed by atoms with Crippen LogP contribution >= 0.6 is 0 Å². The van der Waals surface area contributed by atoms with Crippen molar-refractivity contribution in [2.24, 2.45) is 5.92 Å². The second-order valence-corrected chi connectivity index (χ2v) is 9.61. The van der Waals surface area contributed by atoms with Crippen molar-refractivity contribution in [2.45, 2.75) is 56.4 Å². The van der Waals surface area contributed by atoms with Crippen LogP contribution < -0.4 is 10.6 Å². The number of rotatable bonds is 6. The number of quaternary nitrogens is 1. The minimum Gasteiger partial charge on any atom is -0.336 e. The first kappa shape index (κ1) is 19.3. The standard InChI is InChI=1S/C19H29N3O3S/c1-15-5-4-12-22(14-15)26(24,25)18-10-8-17(9-11-18)21-19(23)13-20-16-6-2-3-7-16/h8-11,15-16,20H,2-7,12-14H2,1H3,(H,21,23)/p+1/t15-/m0/s1. The predicted molar refractivity (Wildman–Crippen MR) is 101 cm³/mol. The fourth-order valence-corrected chi connectivity index (χ4v) is 5.50. The van der Waals surface area contributed by atoms with E-state index >= 15 is 0 Å². The van der Waals surface area contributed by atoms with E-state index in [0.717, 1.165) is 12.8 Å². The maximum absolute atomic E-state index is 12.7. The summed E-state index contributed by atoms with van der Waals surface area (Å²) in [5.41, 5.74) is 0.640. The fourth-order valence-electron chi connectivity index (χ4n) is 3.90. The maximum atomic E-state index is 12.7. The average molecular weight is 381 g/mol. The molecule has 1 heterocycles. The minimum atomic E-state index is -3.45. The van der Waals surface area contributed by atoms with Gasteiger partial charge in [0.05, 0.1) is 10.9 Å². The normalized spacial score (nSPS) is 22.4. The molecule has 1 atom stereocenters. The van der Waals surface area contributed by atoms with Crippen LogP contribution in [0.4, 0.5) is 5.69 Å². The number of carbonyl (C=O) groups is 1. The summed E-state index contributed by atoms with van der Waals surface area (Å²) in [5.74, 6) is 0.352. The first-order chi connectivity index (χ1) is 12.4. The summed E-state index contributed by atoms with van der Waals surface area (Å²) in [7, 11) is -3.45. The van der Waals surface area contributed by atoms with Gasteiger partial charge >= 0.3 is 0 Å². The number of nitrogens with zero attached hydrogens (tertiary/aromatic N) is 1. The van der Waals surface area contributed by atoms with E-state index in [2.05, 4.69) is 17.6 Å². The zero-order valence-corrected chi connectivity index (χ0v) is 16.3. The molecule has 2 fully saturated rings. The number of piperidine rings is 1. The van der Waals surface area contributed by atoms with Gasteiger partial charge in [0, 0.05) is 18.8 Å². The Hall–Kier alpha value is -1.44. The van der Waals surface area contributed by atoms with Crippen LogP contribution in [0, 0.1) is 5.92 Å². The molecule has 3 N–H and O–H groups in total. The van der Waals surface area contributed by atoms with Gasteiger partial charge in [-0.05, 0) is 68.7 Å².